The number of hydrogen-bond donors (Lipinski definition) is 1. The second-order valence-electron chi connectivity index (χ2n) is 1.89. The van der Waals surface area contributed by atoms with Crippen LogP contribution in [0.4, 0.5) is 0 Å². The molecule has 0 rings (SSSR count). The predicted molar refractivity (Wildman–Crippen MR) is 33.8 cm³/mol. The fourth-order valence-electron chi connectivity index (χ4n) is 0.407. The van der Waals surface area contributed by atoms with Crippen LogP contribution in [-0.4, -0.2) is 24.3 Å². The van der Waals surface area contributed by atoms with Crippen molar-refractivity contribution < 1.29 is 5.11 Å². The summed E-state index contributed by atoms with van der Waals surface area (Å²) in [5.74, 6) is 0. The summed E-state index contributed by atoms with van der Waals surface area (Å²) in [7, 11) is 0. The van der Waals surface area contributed by atoms with E-state index in [0.29, 0.717) is 12.6 Å². The molecule has 0 bridgehead atoms. The Morgan fingerprint density at radius 1 is 1.62 bits per heavy atom. The maximum atomic E-state index is 8.32. The van der Waals surface area contributed by atoms with Crippen molar-refractivity contribution in [1.29, 1.82) is 0 Å². The molecule has 0 aromatic carbocycles. The van der Waals surface area contributed by atoms with Crippen LogP contribution >= 0.6 is 0 Å². The lowest BCUT2D eigenvalue weighted by atomic mass is 10.3. The smallest absolute Gasteiger partial charge is 0.0572 e. The Hall–Kier alpha value is -0.0800. The Morgan fingerprint density at radius 3 is 2.62 bits per heavy atom. The van der Waals surface area contributed by atoms with E-state index in [-0.39, 0.29) is 6.61 Å². The summed E-state index contributed by atoms with van der Waals surface area (Å²) in [6.45, 7) is 4.92. The second kappa shape index (κ2) is 5.06. The molecular weight excluding hydrogens is 102 g/mol. The molecule has 0 aliphatic rings. The van der Waals surface area contributed by atoms with Gasteiger partial charge in [0.05, 0.1) is 6.61 Å². The van der Waals surface area contributed by atoms with Crippen LogP contribution in [0.5, 0.6) is 0 Å². The number of hydrogen-bond acceptors (Lipinski definition) is 1. The third-order valence-corrected chi connectivity index (χ3v) is 1.13. The summed E-state index contributed by atoms with van der Waals surface area (Å²) >= 11 is 0. The van der Waals surface area contributed by atoms with E-state index < -0.39 is 0 Å². The molecule has 0 saturated heterocycles. The maximum absolute atomic E-state index is 8.32. The molecule has 0 aliphatic carbocycles. The topological polar surface area (TPSA) is 34.3 Å². The fraction of sp³-hybridized carbons (Fsp3) is 1.00. The third kappa shape index (κ3) is 4.09. The van der Waals surface area contributed by atoms with Crippen LogP contribution in [-0.2, 0) is 0 Å². The summed E-state index contributed by atoms with van der Waals surface area (Å²) in [5, 5.41) is 12.4. The highest BCUT2D eigenvalue weighted by Gasteiger charge is 1.94. The van der Waals surface area contributed by atoms with E-state index in [1.54, 1.807) is 0 Å². The van der Waals surface area contributed by atoms with E-state index in [2.05, 4.69) is 19.2 Å². The largest absolute Gasteiger partial charge is 0.395 e. The lowest BCUT2D eigenvalue weighted by Gasteiger charge is -2.05. The number of nitrogens with zero attached hydrogens (tertiary/aromatic N) is 1. The van der Waals surface area contributed by atoms with Gasteiger partial charge in [0.2, 0.25) is 0 Å². The Kier molecular flexibility index (Phi) is 5.01. The number of aliphatic hydroxyl groups is 1. The highest BCUT2D eigenvalue weighted by molar-refractivity contribution is 4.54. The van der Waals surface area contributed by atoms with Gasteiger partial charge in [-0.3, -0.25) is 0 Å². The van der Waals surface area contributed by atoms with Gasteiger partial charge >= 0.3 is 0 Å². The molecule has 0 spiro atoms. The van der Waals surface area contributed by atoms with Gasteiger partial charge in [-0.2, -0.15) is 0 Å². The van der Waals surface area contributed by atoms with Crippen molar-refractivity contribution >= 4 is 0 Å². The van der Waals surface area contributed by atoms with Crippen molar-refractivity contribution in [1.82, 2.24) is 5.32 Å². The van der Waals surface area contributed by atoms with E-state index in [1.807, 2.05) is 0 Å². The highest BCUT2D eigenvalue weighted by Crippen LogP contribution is 1.87. The zero-order chi connectivity index (χ0) is 6.41. The summed E-state index contributed by atoms with van der Waals surface area (Å²) in [6, 6.07) is 0.419. The van der Waals surface area contributed by atoms with E-state index >= 15 is 0 Å². The first-order valence-corrected chi connectivity index (χ1v) is 3.08. The van der Waals surface area contributed by atoms with E-state index in [1.165, 1.54) is 0 Å². The summed E-state index contributed by atoms with van der Waals surface area (Å²) in [4.78, 5) is 0. The minimum atomic E-state index is 0.185. The summed E-state index contributed by atoms with van der Waals surface area (Å²) in [6.07, 6.45) is 1.07. The monoisotopic (exact) mass is 116 g/mol. The molecule has 0 saturated carbocycles. The van der Waals surface area contributed by atoms with Crippen LogP contribution in [0, 0.1) is 0 Å². The van der Waals surface area contributed by atoms with Crippen LogP contribution in [0.25, 0.3) is 0 Å². The van der Waals surface area contributed by atoms with Gasteiger partial charge in [-0.25, -0.2) is 5.32 Å². The zero-order valence-electron chi connectivity index (χ0n) is 5.59. The van der Waals surface area contributed by atoms with Crippen LogP contribution < -0.4 is 5.32 Å². The fourth-order valence-corrected chi connectivity index (χ4v) is 0.407. The van der Waals surface area contributed by atoms with Gasteiger partial charge in [-0.05, 0) is 13.3 Å². The Bertz CT molecular complexity index is 47.8. The molecule has 2 nitrogen and oxygen atoms in total. The summed E-state index contributed by atoms with van der Waals surface area (Å²) in [5.41, 5.74) is 0. The normalized spacial score (nSPS) is 13.9. The van der Waals surface area contributed by atoms with Crippen molar-refractivity contribution in [3.63, 3.8) is 0 Å². The van der Waals surface area contributed by atoms with Gasteiger partial charge in [0.1, 0.15) is 0 Å². The van der Waals surface area contributed by atoms with Gasteiger partial charge in [0.25, 0.3) is 0 Å². The highest BCUT2D eigenvalue weighted by atomic mass is 16.3. The van der Waals surface area contributed by atoms with E-state index in [9.17, 15) is 0 Å². The van der Waals surface area contributed by atoms with Gasteiger partial charge in [0, 0.05) is 12.6 Å². The first-order chi connectivity index (χ1) is 3.81. The maximum Gasteiger partial charge on any atom is 0.0572 e. The molecule has 1 radical (unpaired) electrons. The molecule has 1 N–H and O–H groups in total. The average Bonchev–Trinajstić information content (AvgIpc) is 1.83. The first-order valence-electron chi connectivity index (χ1n) is 3.08. The molecule has 1 unspecified atom stereocenters. The number of aliphatic hydroxyl groups excluding tert-OH is 1. The van der Waals surface area contributed by atoms with Crippen LogP contribution in [0.3, 0.4) is 0 Å². The summed E-state index contributed by atoms with van der Waals surface area (Å²) < 4.78 is 0. The molecule has 1 atom stereocenters. The zero-order valence-corrected chi connectivity index (χ0v) is 5.59. The van der Waals surface area contributed by atoms with Gasteiger partial charge in [0.15, 0.2) is 0 Å². The van der Waals surface area contributed by atoms with Gasteiger partial charge in [-0.1, -0.05) is 6.92 Å². The molecule has 49 valence electrons. The van der Waals surface area contributed by atoms with E-state index in [0.717, 1.165) is 6.42 Å². The van der Waals surface area contributed by atoms with Gasteiger partial charge in [-0.15, -0.1) is 0 Å². The van der Waals surface area contributed by atoms with Crippen molar-refractivity contribution in [3.8, 4) is 0 Å². The third-order valence-electron chi connectivity index (χ3n) is 1.13. The molecule has 0 heterocycles. The van der Waals surface area contributed by atoms with Crippen LogP contribution in [0.15, 0.2) is 0 Å². The van der Waals surface area contributed by atoms with Gasteiger partial charge < -0.3 is 5.11 Å². The minimum absolute atomic E-state index is 0.185. The Morgan fingerprint density at radius 2 is 2.25 bits per heavy atom. The van der Waals surface area contributed by atoms with Crippen molar-refractivity contribution in [3.05, 3.63) is 0 Å². The lowest BCUT2D eigenvalue weighted by molar-refractivity contribution is 0.283. The molecule has 2 heteroatoms. The molecule has 0 aromatic rings. The SMILES string of the molecule is CCC(C)[N]CCO. The minimum Gasteiger partial charge on any atom is -0.395 e. The molecule has 0 amide bonds. The molecule has 0 aromatic heterocycles. The first kappa shape index (κ1) is 7.92. The van der Waals surface area contributed by atoms with Crippen LogP contribution in [0.1, 0.15) is 20.3 Å². The quantitative estimate of drug-likeness (QED) is 0.566. The molecule has 8 heavy (non-hydrogen) atoms. The lowest BCUT2D eigenvalue weighted by Crippen LogP contribution is -2.20. The van der Waals surface area contributed by atoms with Crippen molar-refractivity contribution in [2.45, 2.75) is 26.3 Å². The van der Waals surface area contributed by atoms with Crippen molar-refractivity contribution in [2.24, 2.45) is 0 Å². The molecule has 0 fully saturated rings. The standard InChI is InChI=1S/C6H14NO/c1-3-6(2)7-4-5-8/h6,8H,3-5H2,1-2H3. The van der Waals surface area contributed by atoms with Crippen molar-refractivity contribution in [2.75, 3.05) is 13.2 Å². The van der Waals surface area contributed by atoms with E-state index in [4.69, 9.17) is 5.11 Å². The number of rotatable bonds is 4. The second-order valence-corrected chi connectivity index (χ2v) is 1.89. The Labute approximate surface area is 50.9 Å². The Balaban J connectivity index is 2.86. The average molecular weight is 116 g/mol. The predicted octanol–water partition coefficient (Wildman–Crippen LogP) is 0.382. The van der Waals surface area contributed by atoms with Crippen LogP contribution in [0.2, 0.25) is 0 Å². The molecule has 0 aliphatic heterocycles. The molecular formula is C6H14NO.